The Morgan fingerprint density at radius 3 is 2.87 bits per heavy atom. The van der Waals surface area contributed by atoms with E-state index in [9.17, 15) is 9.59 Å². The summed E-state index contributed by atoms with van der Waals surface area (Å²) in [6, 6.07) is 0. The summed E-state index contributed by atoms with van der Waals surface area (Å²) in [5.41, 5.74) is -1.13. The Bertz CT molecular complexity index is 289. The lowest BCUT2D eigenvalue weighted by Crippen LogP contribution is -2.50. The number of carbonyl (C=O) groups excluding carboxylic acids is 1. The van der Waals surface area contributed by atoms with Crippen molar-refractivity contribution in [3.05, 3.63) is 12.7 Å². The minimum absolute atomic E-state index is 0.102. The number of rotatable bonds is 3. The number of carboxylic acid groups (broad SMARTS) is 1. The van der Waals surface area contributed by atoms with E-state index in [1.165, 1.54) is 17.9 Å². The molecule has 5 heteroatoms. The summed E-state index contributed by atoms with van der Waals surface area (Å²) < 4.78 is 4.83. The van der Waals surface area contributed by atoms with E-state index in [0.29, 0.717) is 19.4 Å². The third-order valence-electron chi connectivity index (χ3n) is 2.65. The predicted octanol–water partition coefficient (Wildman–Crippen LogP) is 1.25. The Morgan fingerprint density at radius 1 is 1.67 bits per heavy atom. The van der Waals surface area contributed by atoms with Crippen molar-refractivity contribution in [2.75, 3.05) is 13.2 Å². The Balaban J connectivity index is 2.72. The van der Waals surface area contributed by atoms with E-state index in [1.54, 1.807) is 0 Å². The number of aliphatic carboxylic acids is 1. The molecule has 84 valence electrons. The molecular weight excluding hydrogens is 198 g/mol. The van der Waals surface area contributed by atoms with Crippen LogP contribution in [0.1, 0.15) is 19.8 Å². The number of ether oxygens (including phenoxy) is 1. The first-order chi connectivity index (χ1) is 7.02. The highest BCUT2D eigenvalue weighted by Crippen LogP contribution is 2.29. The molecule has 1 saturated heterocycles. The highest BCUT2D eigenvalue weighted by molar-refractivity contribution is 5.84. The summed E-state index contributed by atoms with van der Waals surface area (Å²) in [5, 5.41) is 9.05. The van der Waals surface area contributed by atoms with Crippen LogP contribution in [0, 0.1) is 0 Å². The van der Waals surface area contributed by atoms with E-state index >= 15 is 0 Å². The normalized spacial score (nSPS) is 25.0. The van der Waals surface area contributed by atoms with E-state index in [-0.39, 0.29) is 6.61 Å². The highest BCUT2D eigenvalue weighted by atomic mass is 16.6. The van der Waals surface area contributed by atoms with Crippen LogP contribution < -0.4 is 0 Å². The van der Waals surface area contributed by atoms with Crippen molar-refractivity contribution in [1.29, 1.82) is 0 Å². The lowest BCUT2D eigenvalue weighted by molar-refractivity contribution is -0.147. The van der Waals surface area contributed by atoms with Crippen LogP contribution in [0.2, 0.25) is 0 Å². The van der Waals surface area contributed by atoms with Gasteiger partial charge in [0.15, 0.2) is 0 Å². The van der Waals surface area contributed by atoms with E-state index in [4.69, 9.17) is 9.84 Å². The summed E-state index contributed by atoms with van der Waals surface area (Å²) in [6.07, 6.45) is 2.01. The Labute approximate surface area is 88.3 Å². The molecule has 1 N–H and O–H groups in total. The SMILES string of the molecule is C=CCOC(=O)N1CCC[C@@]1(C)C(=O)O. The van der Waals surface area contributed by atoms with Gasteiger partial charge in [0, 0.05) is 6.54 Å². The van der Waals surface area contributed by atoms with Crippen molar-refractivity contribution in [2.45, 2.75) is 25.3 Å². The van der Waals surface area contributed by atoms with Crippen LogP contribution in [-0.4, -0.2) is 40.8 Å². The fourth-order valence-electron chi connectivity index (χ4n) is 1.69. The number of nitrogens with zero attached hydrogens (tertiary/aromatic N) is 1. The van der Waals surface area contributed by atoms with Crippen molar-refractivity contribution in [3.8, 4) is 0 Å². The first kappa shape index (κ1) is 11.6. The van der Waals surface area contributed by atoms with Crippen LogP contribution in [0.3, 0.4) is 0 Å². The van der Waals surface area contributed by atoms with Crippen LogP contribution >= 0.6 is 0 Å². The van der Waals surface area contributed by atoms with Gasteiger partial charge in [-0.1, -0.05) is 12.7 Å². The Hall–Kier alpha value is -1.52. The van der Waals surface area contributed by atoms with Crippen molar-refractivity contribution in [2.24, 2.45) is 0 Å². The summed E-state index contributed by atoms with van der Waals surface area (Å²) in [7, 11) is 0. The van der Waals surface area contributed by atoms with Crippen molar-refractivity contribution in [3.63, 3.8) is 0 Å². The molecule has 0 aromatic rings. The second-order valence-electron chi connectivity index (χ2n) is 3.70. The third kappa shape index (κ3) is 2.11. The van der Waals surface area contributed by atoms with Gasteiger partial charge in [0.25, 0.3) is 0 Å². The summed E-state index contributed by atoms with van der Waals surface area (Å²) in [4.78, 5) is 23.8. The minimum atomic E-state index is -1.13. The molecule has 0 radical (unpaired) electrons. The number of carbonyl (C=O) groups is 2. The molecule has 1 aliphatic rings. The number of carboxylic acids is 1. The molecule has 1 rings (SSSR count). The molecule has 0 saturated carbocycles. The number of hydrogen-bond acceptors (Lipinski definition) is 3. The smallest absolute Gasteiger partial charge is 0.411 e. The third-order valence-corrected chi connectivity index (χ3v) is 2.65. The lowest BCUT2D eigenvalue weighted by atomic mass is 10.00. The van der Waals surface area contributed by atoms with Crippen LogP contribution in [0.5, 0.6) is 0 Å². The molecule has 0 unspecified atom stereocenters. The van der Waals surface area contributed by atoms with Gasteiger partial charge in [-0.2, -0.15) is 0 Å². The molecule has 1 heterocycles. The average Bonchev–Trinajstić information content (AvgIpc) is 2.58. The maximum Gasteiger partial charge on any atom is 0.411 e. The average molecular weight is 213 g/mol. The van der Waals surface area contributed by atoms with Gasteiger partial charge in [-0.15, -0.1) is 0 Å². The van der Waals surface area contributed by atoms with Crippen LogP contribution in [-0.2, 0) is 9.53 Å². The van der Waals surface area contributed by atoms with Crippen molar-refractivity contribution >= 4 is 12.1 Å². The molecular formula is C10H15NO4. The zero-order chi connectivity index (χ0) is 11.5. The topological polar surface area (TPSA) is 66.8 Å². The van der Waals surface area contributed by atoms with Crippen LogP contribution in [0.4, 0.5) is 4.79 Å². The standard InChI is InChI=1S/C10H15NO4/c1-3-7-15-9(14)11-6-4-5-10(11,2)8(12)13/h3H,1,4-7H2,2H3,(H,12,13)/t10-/m0/s1. The van der Waals surface area contributed by atoms with Crippen LogP contribution in [0.15, 0.2) is 12.7 Å². The van der Waals surface area contributed by atoms with E-state index in [1.807, 2.05) is 0 Å². The van der Waals surface area contributed by atoms with Gasteiger partial charge >= 0.3 is 12.1 Å². The molecule has 1 atom stereocenters. The summed E-state index contributed by atoms with van der Waals surface area (Å²) >= 11 is 0. The summed E-state index contributed by atoms with van der Waals surface area (Å²) in [6.45, 7) is 5.49. The zero-order valence-corrected chi connectivity index (χ0v) is 8.73. The second-order valence-corrected chi connectivity index (χ2v) is 3.70. The predicted molar refractivity (Wildman–Crippen MR) is 53.5 cm³/mol. The molecule has 5 nitrogen and oxygen atoms in total. The molecule has 0 aromatic heterocycles. The summed E-state index contributed by atoms with van der Waals surface area (Å²) in [5.74, 6) is -0.990. The first-order valence-electron chi connectivity index (χ1n) is 4.81. The van der Waals surface area contributed by atoms with Gasteiger partial charge in [-0.05, 0) is 19.8 Å². The molecule has 0 bridgehead atoms. The molecule has 0 spiro atoms. The zero-order valence-electron chi connectivity index (χ0n) is 8.73. The molecule has 15 heavy (non-hydrogen) atoms. The second kappa shape index (κ2) is 4.33. The maximum atomic E-state index is 11.5. The van der Waals surface area contributed by atoms with Gasteiger partial charge in [0.2, 0.25) is 0 Å². The van der Waals surface area contributed by atoms with E-state index in [0.717, 1.165) is 0 Å². The number of amides is 1. The van der Waals surface area contributed by atoms with E-state index in [2.05, 4.69) is 6.58 Å². The van der Waals surface area contributed by atoms with Gasteiger partial charge in [-0.25, -0.2) is 9.59 Å². The molecule has 1 fully saturated rings. The van der Waals surface area contributed by atoms with Gasteiger partial charge < -0.3 is 9.84 Å². The minimum Gasteiger partial charge on any atom is -0.480 e. The van der Waals surface area contributed by atoms with Crippen molar-refractivity contribution < 1.29 is 19.4 Å². The van der Waals surface area contributed by atoms with Gasteiger partial charge in [0.1, 0.15) is 12.1 Å². The monoisotopic (exact) mass is 213 g/mol. The first-order valence-corrected chi connectivity index (χ1v) is 4.81. The number of hydrogen-bond donors (Lipinski definition) is 1. The fraction of sp³-hybridized carbons (Fsp3) is 0.600. The van der Waals surface area contributed by atoms with Gasteiger partial charge in [0.05, 0.1) is 0 Å². The Kier molecular flexibility index (Phi) is 3.34. The van der Waals surface area contributed by atoms with Crippen molar-refractivity contribution in [1.82, 2.24) is 4.90 Å². The fourth-order valence-corrected chi connectivity index (χ4v) is 1.69. The quantitative estimate of drug-likeness (QED) is 0.716. The maximum absolute atomic E-state index is 11.5. The largest absolute Gasteiger partial charge is 0.480 e. The molecule has 1 amide bonds. The molecule has 0 aromatic carbocycles. The molecule has 0 aliphatic carbocycles. The lowest BCUT2D eigenvalue weighted by Gasteiger charge is -2.29. The van der Waals surface area contributed by atoms with Crippen LogP contribution in [0.25, 0.3) is 0 Å². The number of likely N-dealkylation sites (tertiary alicyclic amines) is 1. The highest BCUT2D eigenvalue weighted by Gasteiger charge is 2.46. The van der Waals surface area contributed by atoms with Gasteiger partial charge in [-0.3, -0.25) is 4.90 Å². The Morgan fingerprint density at radius 2 is 2.33 bits per heavy atom. The molecule has 1 aliphatic heterocycles. The van der Waals surface area contributed by atoms with E-state index < -0.39 is 17.6 Å².